The zero-order valence-corrected chi connectivity index (χ0v) is 21.9. The Hall–Kier alpha value is -0.0400. The molecule has 1 nitrogen and oxygen atoms in total. The van der Waals surface area contributed by atoms with Crippen molar-refractivity contribution in [3.05, 3.63) is 0 Å². The molecule has 5 aliphatic carbocycles. The summed E-state index contributed by atoms with van der Waals surface area (Å²) in [5.41, 5.74) is 0. The molecule has 1 heteroatoms. The Morgan fingerprint density at radius 3 is 1.88 bits per heavy atom. The quantitative estimate of drug-likeness (QED) is 0.413. The van der Waals surface area contributed by atoms with Crippen molar-refractivity contribution in [2.24, 2.45) is 59.2 Å². The van der Waals surface area contributed by atoms with Crippen LogP contribution < -0.4 is 0 Å². The zero-order chi connectivity index (χ0) is 22.2. The van der Waals surface area contributed by atoms with Gasteiger partial charge in [-0.2, -0.15) is 0 Å². The van der Waals surface area contributed by atoms with Crippen LogP contribution in [0.2, 0.25) is 0 Å². The molecule has 0 radical (unpaired) electrons. The van der Waals surface area contributed by atoms with E-state index in [0.29, 0.717) is 6.10 Å². The molecule has 0 amide bonds. The zero-order valence-electron chi connectivity index (χ0n) is 21.9. The van der Waals surface area contributed by atoms with E-state index in [2.05, 4.69) is 6.92 Å². The predicted molar refractivity (Wildman–Crippen MR) is 138 cm³/mol. The summed E-state index contributed by atoms with van der Waals surface area (Å²) in [5.74, 6) is 10.1. The van der Waals surface area contributed by atoms with Gasteiger partial charge in [-0.3, -0.25) is 0 Å². The summed E-state index contributed by atoms with van der Waals surface area (Å²) in [6.45, 7) is 3.51. The molecule has 0 aromatic carbocycles. The topological polar surface area (TPSA) is 9.23 Å². The van der Waals surface area contributed by atoms with Crippen molar-refractivity contribution in [2.75, 3.05) is 6.61 Å². The largest absolute Gasteiger partial charge is 0.378 e. The number of hydrogen-bond donors (Lipinski definition) is 0. The molecule has 33 heavy (non-hydrogen) atoms. The molecule has 1 heterocycles. The average molecular weight is 455 g/mol. The summed E-state index contributed by atoms with van der Waals surface area (Å²) in [4.78, 5) is 0. The first-order valence-electron chi connectivity index (χ1n) is 15.9. The van der Waals surface area contributed by atoms with Gasteiger partial charge in [0.15, 0.2) is 0 Å². The molecule has 5 saturated carbocycles. The van der Waals surface area contributed by atoms with Crippen molar-refractivity contribution in [3.63, 3.8) is 0 Å². The molecule has 0 aromatic rings. The number of ether oxygens (including phenoxy) is 1. The molecule has 1 saturated heterocycles. The van der Waals surface area contributed by atoms with Gasteiger partial charge in [0.1, 0.15) is 0 Å². The molecule has 1 aliphatic heterocycles. The van der Waals surface area contributed by atoms with Gasteiger partial charge in [0.2, 0.25) is 0 Å². The van der Waals surface area contributed by atoms with Gasteiger partial charge in [-0.05, 0) is 117 Å². The Balaban J connectivity index is 1.24. The summed E-state index contributed by atoms with van der Waals surface area (Å²) >= 11 is 0. The summed E-state index contributed by atoms with van der Waals surface area (Å²) < 4.78 is 7.10. The van der Waals surface area contributed by atoms with Crippen LogP contribution in [0.25, 0.3) is 0 Å². The standard InChI is InChI=1S/C32H54O/c1-2-7-22-12-14-23(15-13-22)27-20-26-17-16-24-8-3-5-10-28(24)31(26)32-29-11-6-4-9-25(29)18-19-30(32)33-21-27/h22-32H,2-21H2,1H3. The summed E-state index contributed by atoms with van der Waals surface area (Å²) in [5, 5.41) is 0. The molecular weight excluding hydrogens is 400 g/mol. The van der Waals surface area contributed by atoms with Crippen molar-refractivity contribution in [1.29, 1.82) is 0 Å². The molecule has 6 rings (SSSR count). The highest BCUT2D eigenvalue weighted by molar-refractivity contribution is 5.02. The van der Waals surface area contributed by atoms with E-state index >= 15 is 0 Å². The lowest BCUT2D eigenvalue weighted by molar-refractivity contribution is -0.154. The average Bonchev–Trinajstić information content (AvgIpc) is 2.85. The molecule has 188 valence electrons. The Morgan fingerprint density at radius 1 is 0.545 bits per heavy atom. The van der Waals surface area contributed by atoms with Gasteiger partial charge < -0.3 is 4.74 Å². The highest BCUT2D eigenvalue weighted by Gasteiger charge is 2.53. The van der Waals surface area contributed by atoms with Crippen LogP contribution in [-0.4, -0.2) is 12.7 Å². The molecule has 6 fully saturated rings. The Bertz CT molecular complexity index is 620. The fourth-order valence-corrected chi connectivity index (χ4v) is 11.0. The maximum Gasteiger partial charge on any atom is 0.0609 e. The van der Waals surface area contributed by atoms with Crippen molar-refractivity contribution >= 4 is 0 Å². The normalized spacial score (nSPS) is 50.6. The lowest BCUT2D eigenvalue weighted by Gasteiger charge is -2.58. The minimum absolute atomic E-state index is 0.622. The maximum atomic E-state index is 7.10. The smallest absolute Gasteiger partial charge is 0.0609 e. The monoisotopic (exact) mass is 454 g/mol. The predicted octanol–water partition coefficient (Wildman–Crippen LogP) is 9.05. The minimum Gasteiger partial charge on any atom is -0.378 e. The third-order valence-electron chi connectivity index (χ3n) is 12.5. The molecule has 0 bridgehead atoms. The van der Waals surface area contributed by atoms with Crippen LogP contribution in [0.3, 0.4) is 0 Å². The van der Waals surface area contributed by atoms with E-state index < -0.39 is 0 Å². The summed E-state index contributed by atoms with van der Waals surface area (Å²) in [6.07, 6.45) is 29.4. The lowest BCUT2D eigenvalue weighted by Crippen LogP contribution is -2.53. The third-order valence-corrected chi connectivity index (χ3v) is 12.5. The fraction of sp³-hybridized carbons (Fsp3) is 1.00. The molecule has 9 unspecified atom stereocenters. The number of hydrogen-bond acceptors (Lipinski definition) is 1. The molecule has 0 N–H and O–H groups in total. The van der Waals surface area contributed by atoms with Gasteiger partial charge in [0.25, 0.3) is 0 Å². The van der Waals surface area contributed by atoms with Gasteiger partial charge in [-0.1, -0.05) is 71.1 Å². The van der Waals surface area contributed by atoms with E-state index in [0.717, 1.165) is 65.8 Å². The maximum absolute atomic E-state index is 7.10. The highest BCUT2D eigenvalue weighted by Crippen LogP contribution is 2.59. The minimum atomic E-state index is 0.622. The number of rotatable bonds is 3. The molecular formula is C32H54O. The van der Waals surface area contributed by atoms with Crippen LogP contribution in [0.5, 0.6) is 0 Å². The van der Waals surface area contributed by atoms with Crippen molar-refractivity contribution in [3.8, 4) is 0 Å². The SMILES string of the molecule is CCCC1CCC(C2COC3CCC4CCCCC4C3C3C(CCC4CCCCC43)C2)CC1. The van der Waals surface area contributed by atoms with Gasteiger partial charge in [-0.15, -0.1) is 0 Å². The molecule has 9 atom stereocenters. The van der Waals surface area contributed by atoms with Crippen molar-refractivity contribution < 1.29 is 4.74 Å². The van der Waals surface area contributed by atoms with E-state index in [1.807, 2.05) is 0 Å². The highest BCUT2D eigenvalue weighted by atomic mass is 16.5. The lowest BCUT2D eigenvalue weighted by atomic mass is 9.50. The van der Waals surface area contributed by atoms with Gasteiger partial charge >= 0.3 is 0 Å². The Kier molecular flexibility index (Phi) is 7.45. The van der Waals surface area contributed by atoms with E-state index in [9.17, 15) is 0 Å². The molecule has 0 aromatic heterocycles. The van der Waals surface area contributed by atoms with Crippen molar-refractivity contribution in [1.82, 2.24) is 0 Å². The van der Waals surface area contributed by atoms with Crippen LogP contribution >= 0.6 is 0 Å². The van der Waals surface area contributed by atoms with Crippen LogP contribution in [0.15, 0.2) is 0 Å². The second kappa shape index (κ2) is 10.5. The van der Waals surface area contributed by atoms with E-state index in [1.54, 1.807) is 38.5 Å². The van der Waals surface area contributed by atoms with E-state index in [-0.39, 0.29) is 0 Å². The van der Waals surface area contributed by atoms with Crippen LogP contribution in [0, 0.1) is 59.2 Å². The van der Waals surface area contributed by atoms with Crippen LogP contribution in [0.4, 0.5) is 0 Å². The Labute approximate surface area is 205 Å². The van der Waals surface area contributed by atoms with E-state index in [1.165, 1.54) is 83.5 Å². The second-order valence-corrected chi connectivity index (χ2v) is 13.9. The first-order chi connectivity index (χ1) is 16.3. The summed E-state index contributed by atoms with van der Waals surface area (Å²) in [7, 11) is 0. The first-order valence-corrected chi connectivity index (χ1v) is 15.9. The van der Waals surface area contributed by atoms with Gasteiger partial charge in [-0.25, -0.2) is 0 Å². The van der Waals surface area contributed by atoms with Crippen molar-refractivity contribution in [2.45, 2.75) is 135 Å². The first kappa shape index (κ1) is 23.4. The van der Waals surface area contributed by atoms with Gasteiger partial charge in [0.05, 0.1) is 12.7 Å². The van der Waals surface area contributed by atoms with Crippen LogP contribution in [0.1, 0.15) is 129 Å². The molecule has 0 spiro atoms. The van der Waals surface area contributed by atoms with Crippen LogP contribution in [-0.2, 0) is 4.74 Å². The Morgan fingerprint density at radius 2 is 1.15 bits per heavy atom. The molecule has 6 aliphatic rings. The second-order valence-electron chi connectivity index (χ2n) is 13.9. The number of fused-ring (bicyclic) bond motifs is 7. The van der Waals surface area contributed by atoms with E-state index in [4.69, 9.17) is 4.74 Å². The van der Waals surface area contributed by atoms with Gasteiger partial charge in [0, 0.05) is 0 Å². The third kappa shape index (κ3) is 4.72. The summed E-state index contributed by atoms with van der Waals surface area (Å²) in [6, 6.07) is 0. The fourth-order valence-electron chi connectivity index (χ4n) is 11.0.